The second-order valence-corrected chi connectivity index (χ2v) is 7.55. The van der Waals surface area contributed by atoms with Crippen molar-refractivity contribution in [3.8, 4) is 11.5 Å². The largest absolute Gasteiger partial charge is 0.493 e. The van der Waals surface area contributed by atoms with E-state index in [1.807, 2.05) is 53.4 Å². The number of para-hydroxylation sites is 2. The van der Waals surface area contributed by atoms with E-state index in [1.165, 1.54) is 0 Å². The molecule has 0 aromatic heterocycles. The van der Waals surface area contributed by atoms with Crippen LogP contribution in [-0.2, 0) is 9.53 Å². The molecule has 0 bridgehead atoms. The van der Waals surface area contributed by atoms with E-state index in [0.717, 1.165) is 30.2 Å². The van der Waals surface area contributed by atoms with Crippen LogP contribution in [-0.4, -0.2) is 62.9 Å². The molecule has 6 nitrogen and oxygen atoms in total. The number of hydrogen-bond acceptors (Lipinski definition) is 5. The van der Waals surface area contributed by atoms with Gasteiger partial charge in [0.2, 0.25) is 0 Å². The molecule has 2 aromatic carbocycles. The third-order valence-corrected chi connectivity index (χ3v) is 5.33. The summed E-state index contributed by atoms with van der Waals surface area (Å²) >= 11 is 6.00. The van der Waals surface area contributed by atoms with E-state index >= 15 is 0 Å². The maximum atomic E-state index is 12.9. The van der Waals surface area contributed by atoms with Gasteiger partial charge in [-0.1, -0.05) is 29.8 Å². The average Bonchev–Trinajstić information content (AvgIpc) is 2.76. The van der Waals surface area contributed by atoms with Crippen molar-refractivity contribution >= 4 is 23.2 Å². The summed E-state index contributed by atoms with van der Waals surface area (Å²) in [5.74, 6) is 1.55. The number of rotatable bonds is 6. The number of halogens is 1. The van der Waals surface area contributed by atoms with Gasteiger partial charge in [0.05, 0.1) is 32.1 Å². The fraction of sp³-hybridized carbons (Fsp3) is 0.409. The van der Waals surface area contributed by atoms with Crippen LogP contribution >= 0.6 is 11.6 Å². The Balaban J connectivity index is 1.37. The molecule has 2 aromatic rings. The third-order valence-electron chi connectivity index (χ3n) is 5.10. The number of ether oxygens (including phenoxy) is 3. The van der Waals surface area contributed by atoms with Crippen molar-refractivity contribution in [3.05, 3.63) is 53.6 Å². The molecule has 1 atom stereocenters. The van der Waals surface area contributed by atoms with Gasteiger partial charge in [-0.25, -0.2) is 0 Å². The van der Waals surface area contributed by atoms with Crippen LogP contribution in [0.25, 0.3) is 0 Å². The molecule has 2 aliphatic rings. The lowest BCUT2D eigenvalue weighted by Crippen LogP contribution is -2.53. The Bertz CT molecular complexity index is 841. The molecule has 1 unspecified atom stereocenters. The van der Waals surface area contributed by atoms with Gasteiger partial charge in [-0.2, -0.15) is 0 Å². The SMILES string of the molecule is O=C(C1CN(CCCOc2cccc(Cl)c2)c2ccccc2O1)N1CCOCC1. The lowest BCUT2D eigenvalue weighted by Gasteiger charge is -2.38. The monoisotopic (exact) mass is 416 g/mol. The molecule has 1 fully saturated rings. The van der Waals surface area contributed by atoms with Crippen LogP contribution < -0.4 is 14.4 Å². The zero-order valence-corrected chi connectivity index (χ0v) is 17.0. The van der Waals surface area contributed by atoms with Crippen molar-refractivity contribution in [3.63, 3.8) is 0 Å². The first kappa shape index (κ1) is 19.9. The molecule has 7 heteroatoms. The van der Waals surface area contributed by atoms with Crippen LogP contribution in [0.5, 0.6) is 11.5 Å². The number of morpholine rings is 1. The number of carbonyl (C=O) groups is 1. The van der Waals surface area contributed by atoms with E-state index in [-0.39, 0.29) is 5.91 Å². The molecule has 1 saturated heterocycles. The van der Waals surface area contributed by atoms with Crippen molar-refractivity contribution in [2.24, 2.45) is 0 Å². The zero-order chi connectivity index (χ0) is 20.1. The number of hydrogen-bond donors (Lipinski definition) is 0. The smallest absolute Gasteiger partial charge is 0.265 e. The number of fused-ring (bicyclic) bond motifs is 1. The van der Waals surface area contributed by atoms with Crippen molar-refractivity contribution in [2.45, 2.75) is 12.5 Å². The number of nitrogens with zero attached hydrogens (tertiary/aromatic N) is 2. The highest BCUT2D eigenvalue weighted by Crippen LogP contribution is 2.33. The lowest BCUT2D eigenvalue weighted by atomic mass is 10.1. The number of anilines is 1. The summed E-state index contributed by atoms with van der Waals surface area (Å²) in [4.78, 5) is 17.0. The normalized spacial score (nSPS) is 18.7. The van der Waals surface area contributed by atoms with Crippen LogP contribution in [0.1, 0.15) is 6.42 Å². The molecule has 29 heavy (non-hydrogen) atoms. The van der Waals surface area contributed by atoms with Crippen molar-refractivity contribution < 1.29 is 19.0 Å². The summed E-state index contributed by atoms with van der Waals surface area (Å²) in [6.07, 6.45) is 0.316. The fourth-order valence-corrected chi connectivity index (χ4v) is 3.82. The number of carbonyl (C=O) groups excluding carboxylic acids is 1. The summed E-state index contributed by atoms with van der Waals surface area (Å²) < 4.78 is 17.2. The first-order valence-electron chi connectivity index (χ1n) is 9.96. The van der Waals surface area contributed by atoms with Crippen LogP contribution in [0.4, 0.5) is 5.69 Å². The Morgan fingerprint density at radius 2 is 1.97 bits per heavy atom. The quantitative estimate of drug-likeness (QED) is 0.677. The van der Waals surface area contributed by atoms with Crippen LogP contribution in [0, 0.1) is 0 Å². The van der Waals surface area contributed by atoms with E-state index in [9.17, 15) is 4.79 Å². The van der Waals surface area contributed by atoms with E-state index in [0.29, 0.717) is 44.5 Å². The summed E-state index contributed by atoms with van der Waals surface area (Å²) in [6, 6.07) is 15.3. The Labute approximate surface area is 175 Å². The topological polar surface area (TPSA) is 51.2 Å². The van der Waals surface area contributed by atoms with Gasteiger partial charge in [-0.05, 0) is 36.8 Å². The predicted octanol–water partition coefficient (Wildman–Crippen LogP) is 3.24. The van der Waals surface area contributed by atoms with Crippen molar-refractivity contribution in [2.75, 3.05) is 50.9 Å². The molecular formula is C22H25ClN2O4. The van der Waals surface area contributed by atoms with Gasteiger partial charge in [0.15, 0.2) is 6.10 Å². The summed E-state index contributed by atoms with van der Waals surface area (Å²) in [7, 11) is 0. The summed E-state index contributed by atoms with van der Waals surface area (Å²) in [5, 5.41) is 0.661. The van der Waals surface area contributed by atoms with Gasteiger partial charge in [0.1, 0.15) is 11.5 Å². The third kappa shape index (κ3) is 4.95. The van der Waals surface area contributed by atoms with E-state index in [2.05, 4.69) is 4.90 Å². The lowest BCUT2D eigenvalue weighted by molar-refractivity contribution is -0.142. The molecule has 2 aliphatic heterocycles. The molecule has 2 heterocycles. The van der Waals surface area contributed by atoms with E-state index in [1.54, 1.807) is 0 Å². The molecule has 4 rings (SSSR count). The number of amides is 1. The molecule has 1 amide bonds. The minimum Gasteiger partial charge on any atom is -0.493 e. The first-order chi connectivity index (χ1) is 14.2. The minimum atomic E-state index is -0.503. The van der Waals surface area contributed by atoms with Crippen LogP contribution in [0.3, 0.4) is 0 Å². The second kappa shape index (κ2) is 9.37. The number of benzene rings is 2. The summed E-state index contributed by atoms with van der Waals surface area (Å²) in [5.41, 5.74) is 1.02. The molecule has 154 valence electrons. The maximum absolute atomic E-state index is 12.9. The Morgan fingerprint density at radius 1 is 1.14 bits per heavy atom. The van der Waals surface area contributed by atoms with Gasteiger partial charge < -0.3 is 24.0 Å². The van der Waals surface area contributed by atoms with Crippen LogP contribution in [0.2, 0.25) is 5.02 Å². The Kier molecular flexibility index (Phi) is 6.42. The van der Waals surface area contributed by atoms with Crippen molar-refractivity contribution in [1.82, 2.24) is 4.90 Å². The second-order valence-electron chi connectivity index (χ2n) is 7.12. The van der Waals surface area contributed by atoms with Gasteiger partial charge in [-0.15, -0.1) is 0 Å². The Hall–Kier alpha value is -2.44. The average molecular weight is 417 g/mol. The molecule has 0 aliphatic carbocycles. The fourth-order valence-electron chi connectivity index (χ4n) is 3.64. The predicted molar refractivity (Wildman–Crippen MR) is 112 cm³/mol. The Morgan fingerprint density at radius 3 is 2.79 bits per heavy atom. The first-order valence-corrected chi connectivity index (χ1v) is 10.3. The van der Waals surface area contributed by atoms with E-state index < -0.39 is 6.10 Å². The van der Waals surface area contributed by atoms with Crippen LogP contribution in [0.15, 0.2) is 48.5 Å². The maximum Gasteiger partial charge on any atom is 0.265 e. The molecule has 0 N–H and O–H groups in total. The molecular weight excluding hydrogens is 392 g/mol. The van der Waals surface area contributed by atoms with Crippen molar-refractivity contribution in [1.29, 1.82) is 0 Å². The van der Waals surface area contributed by atoms with Gasteiger partial charge in [-0.3, -0.25) is 4.79 Å². The zero-order valence-electron chi connectivity index (χ0n) is 16.3. The molecule has 0 spiro atoms. The molecule has 0 saturated carbocycles. The summed E-state index contributed by atoms with van der Waals surface area (Å²) in [6.45, 7) is 4.28. The molecule has 0 radical (unpaired) electrons. The van der Waals surface area contributed by atoms with Gasteiger partial charge >= 0.3 is 0 Å². The highest BCUT2D eigenvalue weighted by Gasteiger charge is 2.33. The highest BCUT2D eigenvalue weighted by atomic mass is 35.5. The minimum absolute atomic E-state index is 0.0305. The standard InChI is InChI=1S/C22H25ClN2O4/c23-17-5-3-6-18(15-17)28-12-4-9-25-16-21(22(26)24-10-13-27-14-11-24)29-20-8-2-1-7-19(20)25/h1-3,5-8,15,21H,4,9-14,16H2. The highest BCUT2D eigenvalue weighted by molar-refractivity contribution is 6.30. The van der Waals surface area contributed by atoms with Gasteiger partial charge in [0.25, 0.3) is 5.91 Å². The van der Waals surface area contributed by atoms with Gasteiger partial charge in [0, 0.05) is 24.7 Å². The van der Waals surface area contributed by atoms with E-state index in [4.69, 9.17) is 25.8 Å².